The number of aryl methyl sites for hydroxylation is 2. The molecule has 0 unspecified atom stereocenters. The molecule has 1 aliphatic heterocycles. The molecule has 0 fully saturated rings. The SMILES string of the molecule is Cc1ccc2c(c1)c1cnc(-n3c4ccccc4c4ccc(Oc5cccc(N6C=CN(c7ccccc7)C6)c5)cc43)cc1n2C. The highest BCUT2D eigenvalue weighted by molar-refractivity contribution is 6.11. The number of anilines is 2. The summed E-state index contributed by atoms with van der Waals surface area (Å²) in [5.41, 5.74) is 8.01. The minimum Gasteiger partial charge on any atom is -0.457 e. The van der Waals surface area contributed by atoms with Crippen molar-refractivity contribution >= 4 is 55.0 Å². The Morgan fingerprint density at radius 1 is 0.565 bits per heavy atom. The summed E-state index contributed by atoms with van der Waals surface area (Å²) in [5, 5.41) is 4.74. The van der Waals surface area contributed by atoms with Crippen LogP contribution in [0.25, 0.3) is 49.4 Å². The molecule has 46 heavy (non-hydrogen) atoms. The lowest BCUT2D eigenvalue weighted by molar-refractivity contribution is 0.483. The predicted molar refractivity (Wildman–Crippen MR) is 189 cm³/mol. The van der Waals surface area contributed by atoms with Gasteiger partial charge in [0, 0.05) is 82.3 Å². The molecule has 0 aliphatic carbocycles. The second-order valence-electron chi connectivity index (χ2n) is 12.0. The van der Waals surface area contributed by atoms with Crippen LogP contribution in [0.3, 0.4) is 0 Å². The molecule has 222 valence electrons. The molecule has 0 bridgehead atoms. The van der Waals surface area contributed by atoms with Crippen LogP contribution < -0.4 is 14.5 Å². The van der Waals surface area contributed by atoms with Gasteiger partial charge < -0.3 is 19.1 Å². The molecular formula is C40H31N5O. The molecule has 0 saturated carbocycles. The van der Waals surface area contributed by atoms with Crippen molar-refractivity contribution in [2.24, 2.45) is 7.05 Å². The molecule has 0 N–H and O–H groups in total. The summed E-state index contributed by atoms with van der Waals surface area (Å²) in [6, 6.07) is 42.4. The maximum atomic E-state index is 6.52. The molecule has 9 rings (SSSR count). The number of para-hydroxylation sites is 2. The molecule has 8 aromatic rings. The lowest BCUT2D eigenvalue weighted by atomic mass is 10.1. The van der Waals surface area contributed by atoms with Crippen LogP contribution in [0, 0.1) is 6.92 Å². The van der Waals surface area contributed by atoms with E-state index in [2.05, 4.69) is 148 Å². The Bertz CT molecular complexity index is 2470. The molecule has 4 heterocycles. The van der Waals surface area contributed by atoms with Gasteiger partial charge >= 0.3 is 0 Å². The summed E-state index contributed by atoms with van der Waals surface area (Å²) in [6.07, 6.45) is 6.24. The topological polar surface area (TPSA) is 38.5 Å². The monoisotopic (exact) mass is 597 g/mol. The molecule has 3 aromatic heterocycles. The second-order valence-corrected chi connectivity index (χ2v) is 12.0. The number of pyridine rings is 1. The largest absolute Gasteiger partial charge is 0.457 e. The van der Waals surface area contributed by atoms with Gasteiger partial charge in [0.25, 0.3) is 0 Å². The van der Waals surface area contributed by atoms with Crippen LogP contribution in [0.1, 0.15) is 5.56 Å². The molecule has 0 amide bonds. The number of hydrogen-bond acceptors (Lipinski definition) is 4. The molecule has 0 saturated heterocycles. The number of rotatable bonds is 5. The Morgan fingerprint density at radius 2 is 1.33 bits per heavy atom. The van der Waals surface area contributed by atoms with Gasteiger partial charge in [0.2, 0.25) is 0 Å². The molecule has 0 radical (unpaired) electrons. The van der Waals surface area contributed by atoms with Gasteiger partial charge in [0.05, 0.1) is 23.2 Å². The zero-order valence-electron chi connectivity index (χ0n) is 25.6. The minimum atomic E-state index is 0.743. The highest BCUT2D eigenvalue weighted by Crippen LogP contribution is 2.37. The Morgan fingerprint density at radius 3 is 2.22 bits per heavy atom. The Hall–Kier alpha value is -6.01. The highest BCUT2D eigenvalue weighted by atomic mass is 16.5. The first-order chi connectivity index (χ1) is 22.6. The molecule has 6 heteroatoms. The van der Waals surface area contributed by atoms with E-state index in [1.165, 1.54) is 27.5 Å². The summed E-state index contributed by atoms with van der Waals surface area (Å²) < 4.78 is 11.0. The third kappa shape index (κ3) is 4.22. The van der Waals surface area contributed by atoms with Gasteiger partial charge in [0.15, 0.2) is 0 Å². The normalized spacial score (nSPS) is 13.2. The molecular weight excluding hydrogens is 566 g/mol. The van der Waals surface area contributed by atoms with Gasteiger partial charge in [-0.05, 0) is 61.5 Å². The van der Waals surface area contributed by atoms with Gasteiger partial charge in [0.1, 0.15) is 17.3 Å². The Labute approximate surface area is 266 Å². The maximum absolute atomic E-state index is 6.52. The van der Waals surface area contributed by atoms with Crippen LogP contribution in [0.15, 0.2) is 140 Å². The Balaban J connectivity index is 1.10. The number of benzene rings is 5. The van der Waals surface area contributed by atoms with Crippen LogP contribution in [-0.2, 0) is 7.05 Å². The van der Waals surface area contributed by atoms with E-state index < -0.39 is 0 Å². The van der Waals surface area contributed by atoms with Crippen LogP contribution in [0.5, 0.6) is 11.5 Å². The molecule has 0 spiro atoms. The zero-order chi connectivity index (χ0) is 30.8. The average molecular weight is 598 g/mol. The van der Waals surface area contributed by atoms with E-state index in [9.17, 15) is 0 Å². The van der Waals surface area contributed by atoms with Gasteiger partial charge in [-0.3, -0.25) is 4.57 Å². The van der Waals surface area contributed by atoms with Crippen molar-refractivity contribution in [3.05, 3.63) is 145 Å². The fourth-order valence-electron chi connectivity index (χ4n) is 6.83. The lowest BCUT2D eigenvalue weighted by Crippen LogP contribution is -2.24. The predicted octanol–water partition coefficient (Wildman–Crippen LogP) is 9.68. The van der Waals surface area contributed by atoms with Gasteiger partial charge in [-0.15, -0.1) is 0 Å². The smallest absolute Gasteiger partial charge is 0.139 e. The third-order valence-electron chi connectivity index (χ3n) is 9.11. The second kappa shape index (κ2) is 10.3. The van der Waals surface area contributed by atoms with Crippen molar-refractivity contribution in [2.45, 2.75) is 6.92 Å². The van der Waals surface area contributed by atoms with Crippen LogP contribution in [0.2, 0.25) is 0 Å². The summed E-state index contributed by atoms with van der Waals surface area (Å²) in [5.74, 6) is 2.44. The zero-order valence-corrected chi connectivity index (χ0v) is 25.6. The number of ether oxygens (including phenoxy) is 1. The first-order valence-corrected chi connectivity index (χ1v) is 15.5. The summed E-state index contributed by atoms with van der Waals surface area (Å²) in [6.45, 7) is 2.88. The van der Waals surface area contributed by atoms with Gasteiger partial charge in [-0.25, -0.2) is 4.98 Å². The standard InChI is InChI=1S/C40H31N5O/c1-27-15-18-36-34(21-27)35-25-41-40(24-38(35)42(36)2)45-37-14-7-6-13-32(37)33-17-16-31(23-39(33)45)46-30-12-8-11-29(22-30)44-20-19-43(26-44)28-9-4-3-5-10-28/h3-25H,26H2,1-2H3. The molecule has 5 aromatic carbocycles. The minimum absolute atomic E-state index is 0.743. The fraction of sp³-hybridized carbons (Fsp3) is 0.0750. The van der Waals surface area contributed by atoms with E-state index in [4.69, 9.17) is 9.72 Å². The summed E-state index contributed by atoms with van der Waals surface area (Å²) >= 11 is 0. The maximum Gasteiger partial charge on any atom is 0.139 e. The van der Waals surface area contributed by atoms with E-state index in [0.717, 1.165) is 57.0 Å². The lowest BCUT2D eigenvalue weighted by Gasteiger charge is -2.22. The van der Waals surface area contributed by atoms with Crippen molar-refractivity contribution < 1.29 is 4.74 Å². The molecule has 1 aliphatic rings. The van der Waals surface area contributed by atoms with Crippen LogP contribution in [0.4, 0.5) is 11.4 Å². The first kappa shape index (κ1) is 26.4. The van der Waals surface area contributed by atoms with Crippen molar-refractivity contribution in [3.63, 3.8) is 0 Å². The average Bonchev–Trinajstić information content (AvgIpc) is 3.79. The summed E-state index contributed by atoms with van der Waals surface area (Å²) in [4.78, 5) is 9.48. The van der Waals surface area contributed by atoms with Crippen LogP contribution in [-0.4, -0.2) is 20.8 Å². The number of hydrogen-bond donors (Lipinski definition) is 0. The summed E-state index contributed by atoms with van der Waals surface area (Å²) in [7, 11) is 2.13. The van der Waals surface area contributed by atoms with Crippen molar-refractivity contribution in [1.82, 2.24) is 14.1 Å². The quantitative estimate of drug-likeness (QED) is 0.198. The van der Waals surface area contributed by atoms with Gasteiger partial charge in [-0.2, -0.15) is 0 Å². The van der Waals surface area contributed by atoms with Crippen molar-refractivity contribution in [3.8, 4) is 17.3 Å². The van der Waals surface area contributed by atoms with E-state index in [0.29, 0.717) is 0 Å². The van der Waals surface area contributed by atoms with Gasteiger partial charge in [-0.1, -0.05) is 54.1 Å². The number of aromatic nitrogens is 3. The fourth-order valence-corrected chi connectivity index (χ4v) is 6.83. The van der Waals surface area contributed by atoms with E-state index in [1.807, 2.05) is 24.4 Å². The number of fused-ring (bicyclic) bond motifs is 6. The van der Waals surface area contributed by atoms with E-state index in [1.54, 1.807) is 0 Å². The first-order valence-electron chi connectivity index (χ1n) is 15.5. The van der Waals surface area contributed by atoms with Crippen molar-refractivity contribution in [1.29, 1.82) is 0 Å². The van der Waals surface area contributed by atoms with E-state index in [-0.39, 0.29) is 0 Å². The van der Waals surface area contributed by atoms with Crippen molar-refractivity contribution in [2.75, 3.05) is 16.5 Å². The van der Waals surface area contributed by atoms with Crippen LogP contribution >= 0.6 is 0 Å². The molecule has 6 nitrogen and oxygen atoms in total. The third-order valence-corrected chi connectivity index (χ3v) is 9.11. The highest BCUT2D eigenvalue weighted by Gasteiger charge is 2.18. The van der Waals surface area contributed by atoms with E-state index >= 15 is 0 Å². The Kier molecular flexibility index (Phi) is 5.90. The number of nitrogens with zero attached hydrogens (tertiary/aromatic N) is 5. The molecule has 0 atom stereocenters.